The summed E-state index contributed by atoms with van der Waals surface area (Å²) in [6, 6.07) is 20.9. The first-order chi connectivity index (χ1) is 16.9. The van der Waals surface area contributed by atoms with E-state index in [1.807, 2.05) is 67.7 Å². The van der Waals surface area contributed by atoms with Gasteiger partial charge in [-0.05, 0) is 42.2 Å². The Hall–Kier alpha value is -4.06. The highest BCUT2D eigenvalue weighted by Gasteiger charge is 2.32. The zero-order chi connectivity index (χ0) is 24.9. The molecule has 6 heteroatoms. The SMILES string of the molecule is COc1ccc(CNC(=O)C(c2ccccc2C(C)=O)C(C)c2c[nH]c3ccccc23)c(OC)c1. The van der Waals surface area contributed by atoms with Crippen LogP contribution in [0.15, 0.2) is 72.9 Å². The topological polar surface area (TPSA) is 80.4 Å². The minimum atomic E-state index is -0.571. The Balaban J connectivity index is 1.71. The second-order valence-electron chi connectivity index (χ2n) is 8.59. The maximum atomic E-state index is 13.8. The Kier molecular flexibility index (Phi) is 7.20. The Bertz CT molecular complexity index is 1360. The van der Waals surface area contributed by atoms with Crippen LogP contribution in [0.1, 0.15) is 52.7 Å². The van der Waals surface area contributed by atoms with Crippen LogP contribution < -0.4 is 14.8 Å². The first-order valence-corrected chi connectivity index (χ1v) is 11.6. The van der Waals surface area contributed by atoms with Crippen molar-refractivity contribution in [2.45, 2.75) is 32.2 Å². The third-order valence-corrected chi connectivity index (χ3v) is 6.52. The van der Waals surface area contributed by atoms with Gasteiger partial charge >= 0.3 is 0 Å². The highest BCUT2D eigenvalue weighted by Crippen LogP contribution is 2.38. The van der Waals surface area contributed by atoms with Gasteiger partial charge in [-0.25, -0.2) is 0 Å². The van der Waals surface area contributed by atoms with E-state index in [9.17, 15) is 9.59 Å². The first-order valence-electron chi connectivity index (χ1n) is 11.6. The van der Waals surface area contributed by atoms with Gasteiger partial charge in [0.05, 0.1) is 20.1 Å². The molecule has 0 aliphatic heterocycles. The maximum absolute atomic E-state index is 13.8. The number of benzene rings is 3. The Morgan fingerprint density at radius 1 is 0.943 bits per heavy atom. The predicted octanol–water partition coefficient (Wildman–Crippen LogP) is 5.59. The molecule has 2 N–H and O–H groups in total. The number of hydrogen-bond donors (Lipinski definition) is 2. The number of ketones is 1. The Morgan fingerprint density at radius 2 is 1.69 bits per heavy atom. The van der Waals surface area contributed by atoms with E-state index in [2.05, 4.69) is 10.3 Å². The minimum absolute atomic E-state index is 0.0682. The smallest absolute Gasteiger partial charge is 0.228 e. The van der Waals surface area contributed by atoms with Gasteiger partial charge in [-0.15, -0.1) is 0 Å². The molecular weight excluding hydrogens is 440 g/mol. The van der Waals surface area contributed by atoms with Crippen molar-refractivity contribution in [1.82, 2.24) is 10.3 Å². The van der Waals surface area contributed by atoms with Gasteiger partial charge in [-0.2, -0.15) is 0 Å². The molecule has 1 amide bonds. The molecule has 4 aromatic rings. The van der Waals surface area contributed by atoms with Gasteiger partial charge in [0.15, 0.2) is 5.78 Å². The summed E-state index contributed by atoms with van der Waals surface area (Å²) in [5.74, 6) is 0.326. The summed E-state index contributed by atoms with van der Waals surface area (Å²) in [6.45, 7) is 3.85. The second-order valence-corrected chi connectivity index (χ2v) is 8.59. The molecule has 0 bridgehead atoms. The summed E-state index contributed by atoms with van der Waals surface area (Å²) >= 11 is 0. The lowest BCUT2D eigenvalue weighted by molar-refractivity contribution is -0.123. The van der Waals surface area contributed by atoms with Gasteiger partial charge in [-0.3, -0.25) is 9.59 Å². The van der Waals surface area contributed by atoms with Crippen molar-refractivity contribution in [3.05, 3.63) is 95.2 Å². The molecule has 6 nitrogen and oxygen atoms in total. The van der Waals surface area contributed by atoms with E-state index in [1.54, 1.807) is 26.4 Å². The van der Waals surface area contributed by atoms with Crippen molar-refractivity contribution in [1.29, 1.82) is 0 Å². The van der Waals surface area contributed by atoms with Crippen LogP contribution >= 0.6 is 0 Å². The molecule has 180 valence electrons. The van der Waals surface area contributed by atoms with Crippen LogP contribution in [0.5, 0.6) is 11.5 Å². The number of Topliss-reactive ketones (excluding diaryl/α,β-unsaturated/α-hetero) is 1. The molecule has 2 atom stereocenters. The van der Waals surface area contributed by atoms with Crippen LogP contribution in [-0.4, -0.2) is 30.9 Å². The summed E-state index contributed by atoms with van der Waals surface area (Å²) in [6.07, 6.45) is 1.96. The number of carbonyl (C=O) groups is 2. The van der Waals surface area contributed by atoms with E-state index >= 15 is 0 Å². The van der Waals surface area contributed by atoms with Gasteiger partial charge in [-0.1, -0.05) is 49.4 Å². The number of amides is 1. The number of ether oxygens (including phenoxy) is 2. The third-order valence-electron chi connectivity index (χ3n) is 6.52. The number of hydrogen-bond acceptors (Lipinski definition) is 4. The summed E-state index contributed by atoms with van der Waals surface area (Å²) < 4.78 is 10.8. The summed E-state index contributed by atoms with van der Waals surface area (Å²) in [5, 5.41) is 4.15. The third kappa shape index (κ3) is 4.92. The predicted molar refractivity (Wildman–Crippen MR) is 137 cm³/mol. The molecule has 1 aromatic heterocycles. The fourth-order valence-corrected chi connectivity index (χ4v) is 4.67. The molecule has 1 heterocycles. The van der Waals surface area contributed by atoms with Crippen LogP contribution in [0.3, 0.4) is 0 Å². The second kappa shape index (κ2) is 10.5. The maximum Gasteiger partial charge on any atom is 0.228 e. The highest BCUT2D eigenvalue weighted by atomic mass is 16.5. The zero-order valence-electron chi connectivity index (χ0n) is 20.4. The van der Waals surface area contributed by atoms with E-state index in [1.165, 1.54) is 6.92 Å². The fourth-order valence-electron chi connectivity index (χ4n) is 4.67. The molecule has 0 saturated heterocycles. The average Bonchev–Trinajstić information content (AvgIpc) is 3.32. The summed E-state index contributed by atoms with van der Waals surface area (Å²) in [4.78, 5) is 29.6. The number of aromatic nitrogens is 1. The number of nitrogens with one attached hydrogen (secondary N) is 2. The summed E-state index contributed by atoms with van der Waals surface area (Å²) in [5.41, 5.74) is 4.15. The van der Waals surface area contributed by atoms with Crippen molar-refractivity contribution in [3.8, 4) is 11.5 Å². The largest absolute Gasteiger partial charge is 0.497 e. The Labute approximate surface area is 205 Å². The van der Waals surface area contributed by atoms with E-state index in [0.717, 1.165) is 27.6 Å². The summed E-state index contributed by atoms with van der Waals surface area (Å²) in [7, 11) is 3.18. The molecule has 4 rings (SSSR count). The molecule has 0 saturated carbocycles. The van der Waals surface area contributed by atoms with Gasteiger partial charge in [0.1, 0.15) is 11.5 Å². The van der Waals surface area contributed by atoms with E-state index < -0.39 is 5.92 Å². The molecule has 0 spiro atoms. The molecule has 2 unspecified atom stereocenters. The van der Waals surface area contributed by atoms with Crippen LogP contribution in [0, 0.1) is 0 Å². The first kappa shape index (κ1) is 24.1. The monoisotopic (exact) mass is 470 g/mol. The number of H-pyrrole nitrogens is 1. The van der Waals surface area contributed by atoms with Crippen LogP contribution in [0.4, 0.5) is 0 Å². The molecule has 0 aliphatic carbocycles. The van der Waals surface area contributed by atoms with Crippen LogP contribution in [0.25, 0.3) is 10.9 Å². The van der Waals surface area contributed by atoms with Crippen LogP contribution in [-0.2, 0) is 11.3 Å². The lowest BCUT2D eigenvalue weighted by atomic mass is 9.79. The number of rotatable bonds is 9. The quantitative estimate of drug-likeness (QED) is 0.313. The molecule has 0 radical (unpaired) electrons. The Morgan fingerprint density at radius 3 is 2.43 bits per heavy atom. The number of aromatic amines is 1. The highest BCUT2D eigenvalue weighted by molar-refractivity contribution is 5.98. The number of methoxy groups -OCH3 is 2. The lowest BCUT2D eigenvalue weighted by Crippen LogP contribution is -2.32. The molecule has 3 aromatic carbocycles. The number of para-hydroxylation sites is 1. The van der Waals surface area contributed by atoms with Gasteiger partial charge < -0.3 is 19.8 Å². The number of fused-ring (bicyclic) bond motifs is 1. The lowest BCUT2D eigenvalue weighted by Gasteiger charge is -2.25. The van der Waals surface area contributed by atoms with Crippen molar-refractivity contribution in [2.75, 3.05) is 14.2 Å². The fraction of sp³-hybridized carbons (Fsp3) is 0.241. The zero-order valence-corrected chi connectivity index (χ0v) is 20.4. The van der Waals surface area contributed by atoms with Gasteiger partial charge in [0.2, 0.25) is 5.91 Å². The van der Waals surface area contributed by atoms with Crippen molar-refractivity contribution >= 4 is 22.6 Å². The molecule has 35 heavy (non-hydrogen) atoms. The van der Waals surface area contributed by atoms with Gasteiger partial charge in [0, 0.05) is 40.8 Å². The van der Waals surface area contributed by atoms with Crippen molar-refractivity contribution in [3.63, 3.8) is 0 Å². The van der Waals surface area contributed by atoms with E-state index in [0.29, 0.717) is 17.1 Å². The van der Waals surface area contributed by atoms with Crippen LogP contribution in [0.2, 0.25) is 0 Å². The van der Waals surface area contributed by atoms with Crippen molar-refractivity contribution in [2.24, 2.45) is 0 Å². The van der Waals surface area contributed by atoms with Gasteiger partial charge in [0.25, 0.3) is 0 Å². The molecule has 0 fully saturated rings. The number of carbonyl (C=O) groups excluding carboxylic acids is 2. The van der Waals surface area contributed by atoms with E-state index in [-0.39, 0.29) is 24.2 Å². The standard InChI is InChI=1S/C29H30N2O4/c1-18(25-17-30-26-12-8-7-10-23(25)26)28(24-11-6-5-9-22(24)19(2)32)29(33)31-16-20-13-14-21(34-3)15-27(20)35-4/h5-15,17-18,28,30H,16H2,1-4H3,(H,31,33). The normalized spacial score (nSPS) is 12.7. The minimum Gasteiger partial charge on any atom is -0.497 e. The molecular formula is C29H30N2O4. The average molecular weight is 471 g/mol. The van der Waals surface area contributed by atoms with Crippen molar-refractivity contribution < 1.29 is 19.1 Å². The van der Waals surface area contributed by atoms with E-state index in [4.69, 9.17) is 9.47 Å². The molecule has 0 aliphatic rings.